The average molecular weight is 501 g/mol. The van der Waals surface area contributed by atoms with Crippen LogP contribution in [0.15, 0.2) is 4.99 Å². The van der Waals surface area contributed by atoms with Crippen molar-refractivity contribution in [1.29, 1.82) is 0 Å². The molecule has 0 unspecified atom stereocenters. The Morgan fingerprint density at radius 1 is 0.964 bits per heavy atom. The van der Waals surface area contributed by atoms with Gasteiger partial charge in [-0.3, -0.25) is 0 Å². The van der Waals surface area contributed by atoms with E-state index in [1.807, 2.05) is 18.5 Å². The van der Waals surface area contributed by atoms with Crippen LogP contribution in [0.2, 0.25) is 0 Å². The van der Waals surface area contributed by atoms with Crippen molar-refractivity contribution < 1.29 is 0 Å². The van der Waals surface area contributed by atoms with Gasteiger partial charge in [0.15, 0.2) is 11.8 Å². The highest BCUT2D eigenvalue weighted by Crippen LogP contribution is 2.25. The van der Waals surface area contributed by atoms with Crippen molar-refractivity contribution in [3.05, 3.63) is 11.6 Å². The number of hydrogen-bond donors (Lipinski definition) is 2. The van der Waals surface area contributed by atoms with Crippen molar-refractivity contribution in [1.82, 2.24) is 30.3 Å². The predicted molar refractivity (Wildman–Crippen MR) is 123 cm³/mol. The van der Waals surface area contributed by atoms with Crippen LogP contribution in [0.3, 0.4) is 0 Å². The van der Waals surface area contributed by atoms with E-state index in [1.54, 1.807) is 0 Å². The molecule has 1 aromatic heterocycles. The number of nitrogens with one attached hydrogen (secondary N) is 2. The zero-order valence-corrected chi connectivity index (χ0v) is 19.7. The minimum atomic E-state index is 0. The number of likely N-dealkylation sites (tertiary alicyclic amines) is 1. The Morgan fingerprint density at radius 3 is 2.18 bits per heavy atom. The van der Waals surface area contributed by atoms with E-state index in [1.165, 1.54) is 70.9 Å². The maximum absolute atomic E-state index is 4.81. The minimum Gasteiger partial charge on any atom is -0.354 e. The van der Waals surface area contributed by atoms with Gasteiger partial charge in [0.2, 0.25) is 0 Å². The molecule has 2 N–H and O–H groups in total. The molecule has 0 spiro atoms. The number of rotatable bonds is 5. The summed E-state index contributed by atoms with van der Waals surface area (Å²) < 4.78 is 2.01. The van der Waals surface area contributed by atoms with Crippen molar-refractivity contribution in [2.45, 2.75) is 89.4 Å². The molecule has 0 atom stereocenters. The van der Waals surface area contributed by atoms with Crippen molar-refractivity contribution in [3.63, 3.8) is 0 Å². The molecule has 2 saturated carbocycles. The fourth-order valence-electron chi connectivity index (χ4n) is 4.34. The number of halogens is 1. The van der Waals surface area contributed by atoms with Crippen molar-refractivity contribution in [2.75, 3.05) is 13.1 Å². The number of guanidine groups is 1. The van der Waals surface area contributed by atoms with Crippen LogP contribution in [0.1, 0.15) is 69.4 Å². The van der Waals surface area contributed by atoms with Gasteiger partial charge in [-0.15, -0.1) is 34.2 Å². The first-order valence-electron chi connectivity index (χ1n) is 10.9. The second kappa shape index (κ2) is 10.2. The van der Waals surface area contributed by atoms with Crippen LogP contribution < -0.4 is 10.6 Å². The number of nitrogens with zero attached hydrogens (tertiary/aromatic N) is 5. The van der Waals surface area contributed by atoms with Crippen LogP contribution in [0.25, 0.3) is 0 Å². The smallest absolute Gasteiger partial charge is 0.192 e. The molecular weight excluding hydrogens is 465 g/mol. The molecule has 1 aromatic rings. The van der Waals surface area contributed by atoms with E-state index in [0.29, 0.717) is 18.6 Å². The van der Waals surface area contributed by atoms with Gasteiger partial charge in [0.05, 0.1) is 0 Å². The van der Waals surface area contributed by atoms with Gasteiger partial charge < -0.3 is 20.1 Å². The second-order valence-electron chi connectivity index (χ2n) is 8.55. The number of aliphatic imine (C=N–C) groups is 1. The molecule has 158 valence electrons. The number of hydrogen-bond acceptors (Lipinski definition) is 4. The molecule has 0 radical (unpaired) electrons. The summed E-state index contributed by atoms with van der Waals surface area (Å²) in [7, 11) is 2.00. The van der Waals surface area contributed by atoms with E-state index in [4.69, 9.17) is 4.99 Å². The van der Waals surface area contributed by atoms with Gasteiger partial charge in [0, 0.05) is 38.3 Å². The molecule has 2 aliphatic carbocycles. The van der Waals surface area contributed by atoms with Crippen molar-refractivity contribution >= 4 is 29.9 Å². The molecule has 4 rings (SSSR count). The summed E-state index contributed by atoms with van der Waals surface area (Å²) in [5.41, 5.74) is 0. The van der Waals surface area contributed by atoms with Crippen molar-refractivity contribution in [2.24, 2.45) is 12.0 Å². The topological polar surface area (TPSA) is 70.4 Å². The SMILES string of the molecule is Cc1nnc(CN=C(NC2CC2)NC2CCN(C3CCCCC3)CC2)n1C.I. The molecule has 7 nitrogen and oxygen atoms in total. The second-order valence-corrected chi connectivity index (χ2v) is 8.55. The Balaban J connectivity index is 0.00000225. The van der Waals surface area contributed by atoms with Gasteiger partial charge in [-0.1, -0.05) is 19.3 Å². The molecule has 1 aliphatic heterocycles. The molecule has 28 heavy (non-hydrogen) atoms. The molecule has 3 aliphatic rings. The minimum absolute atomic E-state index is 0. The van der Waals surface area contributed by atoms with Crippen LogP contribution >= 0.6 is 24.0 Å². The molecule has 0 aromatic carbocycles. The molecular formula is C20H36IN7. The lowest BCUT2D eigenvalue weighted by atomic mass is 9.92. The Kier molecular flexibility index (Phi) is 7.96. The highest BCUT2D eigenvalue weighted by atomic mass is 127. The Bertz CT molecular complexity index is 641. The van der Waals surface area contributed by atoms with Crippen LogP contribution in [0, 0.1) is 6.92 Å². The Morgan fingerprint density at radius 2 is 1.61 bits per heavy atom. The number of piperidine rings is 1. The van der Waals surface area contributed by atoms with Crippen LogP contribution in [0.5, 0.6) is 0 Å². The highest BCUT2D eigenvalue weighted by Gasteiger charge is 2.28. The number of aryl methyl sites for hydroxylation is 1. The largest absolute Gasteiger partial charge is 0.354 e. The molecule has 3 fully saturated rings. The zero-order valence-electron chi connectivity index (χ0n) is 17.4. The summed E-state index contributed by atoms with van der Waals surface area (Å²) in [6.07, 6.45) is 12.0. The lowest BCUT2D eigenvalue weighted by Crippen LogP contribution is -2.51. The summed E-state index contributed by atoms with van der Waals surface area (Å²) in [4.78, 5) is 7.55. The quantitative estimate of drug-likeness (QED) is 0.369. The summed E-state index contributed by atoms with van der Waals surface area (Å²) in [5.74, 6) is 2.80. The molecule has 2 heterocycles. The summed E-state index contributed by atoms with van der Waals surface area (Å²) in [5, 5.41) is 15.6. The maximum atomic E-state index is 4.81. The standard InChI is InChI=1S/C20H35N7.HI/c1-15-24-25-19(26(15)2)14-21-20(22-16-8-9-16)23-17-10-12-27(13-11-17)18-6-4-3-5-7-18;/h16-18H,3-14H2,1-2H3,(H2,21,22,23);1H. The van der Waals surface area contributed by atoms with E-state index in [0.717, 1.165) is 23.7 Å². The predicted octanol–water partition coefficient (Wildman–Crippen LogP) is 2.74. The lowest BCUT2D eigenvalue weighted by molar-refractivity contribution is 0.119. The zero-order chi connectivity index (χ0) is 18.6. The maximum Gasteiger partial charge on any atom is 0.192 e. The lowest BCUT2D eigenvalue weighted by Gasteiger charge is -2.39. The molecule has 8 heteroatoms. The first-order chi connectivity index (χ1) is 13.2. The Hall–Kier alpha value is -0.900. The molecule has 0 amide bonds. The third-order valence-corrected chi connectivity index (χ3v) is 6.44. The van der Waals surface area contributed by atoms with E-state index >= 15 is 0 Å². The van der Waals surface area contributed by atoms with Gasteiger partial charge >= 0.3 is 0 Å². The van der Waals surface area contributed by atoms with E-state index in [9.17, 15) is 0 Å². The summed E-state index contributed by atoms with van der Waals surface area (Å²) in [6, 6.07) is 1.97. The van der Waals surface area contributed by atoms with Crippen LogP contribution in [-0.4, -0.2) is 56.8 Å². The van der Waals surface area contributed by atoms with E-state index < -0.39 is 0 Å². The number of aromatic nitrogens is 3. The molecule has 0 bridgehead atoms. The van der Waals surface area contributed by atoms with Gasteiger partial charge in [-0.05, 0) is 45.4 Å². The monoisotopic (exact) mass is 501 g/mol. The van der Waals surface area contributed by atoms with Gasteiger partial charge in [-0.25, -0.2) is 4.99 Å². The first-order valence-corrected chi connectivity index (χ1v) is 10.9. The highest BCUT2D eigenvalue weighted by molar-refractivity contribution is 14.0. The third-order valence-electron chi connectivity index (χ3n) is 6.44. The van der Waals surface area contributed by atoms with Crippen LogP contribution in [0.4, 0.5) is 0 Å². The fraction of sp³-hybridized carbons (Fsp3) is 0.850. The normalized spacial score (nSPS) is 22.7. The van der Waals surface area contributed by atoms with E-state index in [-0.39, 0.29) is 24.0 Å². The van der Waals surface area contributed by atoms with E-state index in [2.05, 4.69) is 25.7 Å². The Labute approximate surface area is 186 Å². The first kappa shape index (κ1) is 21.8. The van der Waals surface area contributed by atoms with Crippen molar-refractivity contribution in [3.8, 4) is 0 Å². The summed E-state index contributed by atoms with van der Waals surface area (Å²) in [6.45, 7) is 4.99. The summed E-state index contributed by atoms with van der Waals surface area (Å²) >= 11 is 0. The molecule has 1 saturated heterocycles. The average Bonchev–Trinajstić information content (AvgIpc) is 3.46. The van der Waals surface area contributed by atoms with Gasteiger partial charge in [0.1, 0.15) is 12.4 Å². The van der Waals surface area contributed by atoms with Crippen LogP contribution in [-0.2, 0) is 13.6 Å². The third kappa shape index (κ3) is 5.81. The van der Waals surface area contributed by atoms with Gasteiger partial charge in [0.25, 0.3) is 0 Å². The fourth-order valence-corrected chi connectivity index (χ4v) is 4.34. The van der Waals surface area contributed by atoms with Gasteiger partial charge in [-0.2, -0.15) is 0 Å².